The normalized spacial score (nSPS) is 15.8. The molecule has 7 heteroatoms. The molecule has 0 atom stereocenters. The maximum Gasteiger partial charge on any atom is 0.251 e. The van der Waals surface area contributed by atoms with Gasteiger partial charge in [0.1, 0.15) is 6.61 Å². The van der Waals surface area contributed by atoms with Gasteiger partial charge >= 0.3 is 0 Å². The number of ether oxygens (including phenoxy) is 2. The predicted octanol–water partition coefficient (Wildman–Crippen LogP) is 2.73. The molecule has 3 rings (SSSR count). The molecule has 0 unspecified atom stereocenters. The molecule has 1 aromatic heterocycles. The van der Waals surface area contributed by atoms with E-state index in [0.29, 0.717) is 30.2 Å². The quantitative estimate of drug-likeness (QED) is 0.792. The lowest BCUT2D eigenvalue weighted by Gasteiger charge is -2.28. The monoisotopic (exact) mass is 361 g/mol. The van der Waals surface area contributed by atoms with Crippen molar-refractivity contribution < 1.29 is 14.3 Å². The van der Waals surface area contributed by atoms with Gasteiger partial charge in [0.25, 0.3) is 5.91 Å². The summed E-state index contributed by atoms with van der Waals surface area (Å²) in [6.45, 7) is 0.826. The molecular weight excluding hydrogens is 338 g/mol. The van der Waals surface area contributed by atoms with Crippen molar-refractivity contribution in [2.75, 3.05) is 13.7 Å². The van der Waals surface area contributed by atoms with E-state index >= 15 is 0 Å². The van der Waals surface area contributed by atoms with Crippen molar-refractivity contribution in [1.29, 1.82) is 0 Å². The minimum absolute atomic E-state index is 0.128. The number of thiazole rings is 1. The van der Waals surface area contributed by atoms with Gasteiger partial charge in [0.05, 0.1) is 23.9 Å². The zero-order valence-corrected chi connectivity index (χ0v) is 15.1. The highest BCUT2D eigenvalue weighted by atomic mass is 32.1. The van der Waals surface area contributed by atoms with Crippen LogP contribution in [-0.2, 0) is 6.61 Å². The van der Waals surface area contributed by atoms with Crippen molar-refractivity contribution in [3.05, 3.63) is 40.3 Å². The molecule has 6 nitrogen and oxygen atoms in total. The number of rotatable bonds is 7. The molecule has 3 N–H and O–H groups in total. The molecule has 0 radical (unpaired) electrons. The van der Waals surface area contributed by atoms with Crippen LogP contribution in [0.3, 0.4) is 0 Å². The number of nitrogens with two attached hydrogens (primary N) is 1. The summed E-state index contributed by atoms with van der Waals surface area (Å²) in [6, 6.07) is 5.20. The van der Waals surface area contributed by atoms with Gasteiger partial charge in [-0.15, -0.1) is 11.3 Å². The zero-order chi connectivity index (χ0) is 17.7. The van der Waals surface area contributed by atoms with Gasteiger partial charge in [0.2, 0.25) is 0 Å². The largest absolute Gasteiger partial charge is 0.493 e. The highest BCUT2D eigenvalue weighted by Crippen LogP contribution is 2.31. The number of nitrogens with zero attached hydrogens (tertiary/aromatic N) is 1. The fourth-order valence-electron chi connectivity index (χ4n) is 3.13. The van der Waals surface area contributed by atoms with Crippen LogP contribution in [0.1, 0.15) is 41.7 Å². The van der Waals surface area contributed by atoms with Gasteiger partial charge in [0.15, 0.2) is 11.5 Å². The van der Waals surface area contributed by atoms with Gasteiger partial charge in [-0.25, -0.2) is 4.98 Å². The Balaban J connectivity index is 1.70. The molecule has 1 heterocycles. The molecule has 2 aromatic rings. The smallest absolute Gasteiger partial charge is 0.251 e. The molecule has 0 spiro atoms. The van der Waals surface area contributed by atoms with Gasteiger partial charge in [-0.1, -0.05) is 12.8 Å². The summed E-state index contributed by atoms with van der Waals surface area (Å²) in [4.78, 5) is 16.8. The third kappa shape index (κ3) is 4.11. The Hall–Kier alpha value is -2.12. The summed E-state index contributed by atoms with van der Waals surface area (Å²) >= 11 is 1.52. The van der Waals surface area contributed by atoms with Gasteiger partial charge in [0, 0.05) is 17.5 Å². The van der Waals surface area contributed by atoms with Crippen molar-refractivity contribution in [2.24, 2.45) is 5.73 Å². The van der Waals surface area contributed by atoms with Gasteiger partial charge in [-0.3, -0.25) is 4.79 Å². The van der Waals surface area contributed by atoms with Crippen LogP contribution in [-0.4, -0.2) is 30.1 Å². The Kier molecular flexibility index (Phi) is 5.55. The summed E-state index contributed by atoms with van der Waals surface area (Å²) in [7, 11) is 1.56. The molecule has 1 aliphatic carbocycles. The fourth-order valence-corrected chi connectivity index (χ4v) is 3.68. The van der Waals surface area contributed by atoms with Gasteiger partial charge in [-0.2, -0.15) is 0 Å². The van der Waals surface area contributed by atoms with E-state index in [1.165, 1.54) is 11.3 Å². The SMILES string of the molecule is COc1cc(C(=O)NC2(CN)CCCC2)ccc1OCc1cscn1. The van der Waals surface area contributed by atoms with Crippen molar-refractivity contribution in [1.82, 2.24) is 10.3 Å². The first-order chi connectivity index (χ1) is 12.2. The Bertz CT molecular complexity index is 712. The minimum Gasteiger partial charge on any atom is -0.493 e. The Morgan fingerprint density at radius 1 is 1.36 bits per heavy atom. The summed E-state index contributed by atoms with van der Waals surface area (Å²) in [5.41, 5.74) is 8.79. The van der Waals surface area contributed by atoms with Crippen LogP contribution in [0.2, 0.25) is 0 Å². The van der Waals surface area contributed by atoms with Gasteiger partial charge in [-0.05, 0) is 31.0 Å². The van der Waals surface area contributed by atoms with E-state index in [9.17, 15) is 4.79 Å². The predicted molar refractivity (Wildman–Crippen MR) is 97.2 cm³/mol. The van der Waals surface area contributed by atoms with E-state index in [0.717, 1.165) is 31.4 Å². The maximum absolute atomic E-state index is 12.6. The van der Waals surface area contributed by atoms with E-state index < -0.39 is 0 Å². The number of carbonyl (C=O) groups excluding carboxylic acids is 1. The average Bonchev–Trinajstić information content (AvgIpc) is 3.32. The molecule has 1 amide bonds. The molecule has 0 bridgehead atoms. The van der Waals surface area contributed by atoms with Crippen LogP contribution < -0.4 is 20.5 Å². The molecule has 1 aliphatic rings. The standard InChI is InChI=1S/C18H23N3O3S/c1-23-16-8-13(17(22)21-18(11-19)6-2-3-7-18)4-5-15(16)24-9-14-10-25-12-20-14/h4-5,8,10,12H,2-3,6-7,9,11,19H2,1H3,(H,21,22). The first kappa shape index (κ1) is 17.7. The Labute approximate surface area is 151 Å². The molecule has 1 aromatic carbocycles. The summed E-state index contributed by atoms with van der Waals surface area (Å²) in [5, 5.41) is 5.05. The molecule has 0 aliphatic heterocycles. The number of amides is 1. The van der Waals surface area contributed by atoms with Crippen LogP contribution in [0.15, 0.2) is 29.1 Å². The molecule has 1 saturated carbocycles. The van der Waals surface area contributed by atoms with E-state index in [1.54, 1.807) is 30.8 Å². The third-order valence-corrected chi connectivity index (χ3v) is 5.25. The number of nitrogens with one attached hydrogen (secondary N) is 1. The lowest BCUT2D eigenvalue weighted by atomic mass is 9.97. The lowest BCUT2D eigenvalue weighted by molar-refractivity contribution is 0.0902. The number of methoxy groups -OCH3 is 1. The second kappa shape index (κ2) is 7.84. The van der Waals surface area contributed by atoms with Gasteiger partial charge < -0.3 is 20.5 Å². The van der Waals surface area contributed by atoms with Crippen molar-refractivity contribution in [3.63, 3.8) is 0 Å². The fraction of sp³-hybridized carbons (Fsp3) is 0.444. The van der Waals surface area contributed by atoms with Crippen LogP contribution >= 0.6 is 11.3 Å². The van der Waals surface area contributed by atoms with Crippen molar-refractivity contribution >= 4 is 17.2 Å². The van der Waals surface area contributed by atoms with Crippen molar-refractivity contribution in [2.45, 2.75) is 37.8 Å². The summed E-state index contributed by atoms with van der Waals surface area (Å²) in [6.07, 6.45) is 4.07. The summed E-state index contributed by atoms with van der Waals surface area (Å²) < 4.78 is 11.1. The van der Waals surface area contributed by atoms with Crippen LogP contribution in [0.25, 0.3) is 0 Å². The highest BCUT2D eigenvalue weighted by molar-refractivity contribution is 7.07. The molecular formula is C18H23N3O3S. The van der Waals surface area contributed by atoms with Crippen LogP contribution in [0, 0.1) is 0 Å². The number of hydrogen-bond donors (Lipinski definition) is 2. The first-order valence-corrected chi connectivity index (χ1v) is 9.30. The minimum atomic E-state index is -0.274. The molecule has 0 saturated heterocycles. The summed E-state index contributed by atoms with van der Waals surface area (Å²) in [5.74, 6) is 0.981. The van der Waals surface area contributed by atoms with E-state index in [2.05, 4.69) is 10.3 Å². The van der Waals surface area contributed by atoms with Crippen LogP contribution in [0.4, 0.5) is 0 Å². The average molecular weight is 361 g/mol. The van der Waals surface area contributed by atoms with Crippen molar-refractivity contribution in [3.8, 4) is 11.5 Å². The topological polar surface area (TPSA) is 86.5 Å². The zero-order valence-electron chi connectivity index (χ0n) is 14.3. The number of carbonyl (C=O) groups is 1. The van der Waals surface area contributed by atoms with E-state index in [-0.39, 0.29) is 11.4 Å². The van der Waals surface area contributed by atoms with E-state index in [1.807, 2.05) is 5.38 Å². The Morgan fingerprint density at radius 3 is 2.80 bits per heavy atom. The first-order valence-electron chi connectivity index (χ1n) is 8.36. The third-order valence-electron chi connectivity index (χ3n) is 4.61. The number of aromatic nitrogens is 1. The molecule has 25 heavy (non-hydrogen) atoms. The van der Waals surface area contributed by atoms with Crippen LogP contribution in [0.5, 0.6) is 11.5 Å². The highest BCUT2D eigenvalue weighted by Gasteiger charge is 2.34. The number of hydrogen-bond acceptors (Lipinski definition) is 6. The second-order valence-electron chi connectivity index (χ2n) is 6.28. The molecule has 134 valence electrons. The lowest BCUT2D eigenvalue weighted by Crippen LogP contribution is -2.51. The number of benzene rings is 1. The van der Waals surface area contributed by atoms with E-state index in [4.69, 9.17) is 15.2 Å². The second-order valence-corrected chi connectivity index (χ2v) is 7.00. The molecule has 1 fully saturated rings. The Morgan fingerprint density at radius 2 is 2.16 bits per heavy atom. The maximum atomic E-state index is 12.6.